The summed E-state index contributed by atoms with van der Waals surface area (Å²) < 4.78 is 1.17. The van der Waals surface area contributed by atoms with Crippen LogP contribution in [0.25, 0.3) is 10.1 Å². The lowest BCUT2D eigenvalue weighted by Gasteiger charge is -2.20. The fourth-order valence-electron chi connectivity index (χ4n) is 1.46. The Hall–Kier alpha value is -1.39. The Labute approximate surface area is 105 Å². The highest BCUT2D eigenvalue weighted by atomic mass is 32.1. The lowest BCUT2D eigenvalue weighted by atomic mass is 9.92. The van der Waals surface area contributed by atoms with Crippen molar-refractivity contribution in [3.63, 3.8) is 0 Å². The van der Waals surface area contributed by atoms with Crippen LogP contribution in [0.5, 0.6) is 0 Å². The van der Waals surface area contributed by atoms with E-state index in [9.17, 15) is 4.79 Å². The molecule has 4 heteroatoms. The first-order chi connectivity index (χ1) is 8.04. The largest absolute Gasteiger partial charge is 0.329 e. The van der Waals surface area contributed by atoms with Crippen LogP contribution in [-0.2, 0) is 4.79 Å². The van der Waals surface area contributed by atoms with Gasteiger partial charge in [-0.25, -0.2) is 0 Å². The third-order valence-electron chi connectivity index (χ3n) is 2.85. The van der Waals surface area contributed by atoms with E-state index in [-0.39, 0.29) is 5.91 Å². The number of hydrogen-bond acceptors (Lipinski definition) is 3. The van der Waals surface area contributed by atoms with Gasteiger partial charge in [-0.05, 0) is 19.9 Å². The van der Waals surface area contributed by atoms with Crippen molar-refractivity contribution in [2.75, 3.05) is 11.9 Å². The van der Waals surface area contributed by atoms with Gasteiger partial charge in [-0.3, -0.25) is 4.79 Å². The molecule has 0 saturated heterocycles. The summed E-state index contributed by atoms with van der Waals surface area (Å²) in [5, 5.41) is 6.00. The second-order valence-electron chi connectivity index (χ2n) is 4.69. The quantitative estimate of drug-likeness (QED) is 0.877. The molecule has 90 valence electrons. The van der Waals surface area contributed by atoms with Crippen LogP contribution in [0.1, 0.15) is 13.8 Å². The molecule has 1 aromatic heterocycles. The third-order valence-corrected chi connectivity index (χ3v) is 3.82. The molecule has 1 heterocycles. The molecule has 0 aliphatic heterocycles. The second-order valence-corrected chi connectivity index (χ2v) is 5.60. The number of thiophene rings is 1. The van der Waals surface area contributed by atoms with E-state index in [0.29, 0.717) is 6.54 Å². The lowest BCUT2D eigenvalue weighted by Crippen LogP contribution is -2.37. The Morgan fingerprint density at radius 1 is 1.41 bits per heavy atom. The molecule has 1 amide bonds. The summed E-state index contributed by atoms with van der Waals surface area (Å²) in [7, 11) is 0. The zero-order chi connectivity index (χ0) is 12.5. The van der Waals surface area contributed by atoms with Gasteiger partial charge in [-0.2, -0.15) is 0 Å². The maximum absolute atomic E-state index is 12.0. The Morgan fingerprint density at radius 2 is 2.12 bits per heavy atom. The average molecular weight is 248 g/mol. The van der Waals surface area contributed by atoms with Crippen LogP contribution in [0.3, 0.4) is 0 Å². The molecule has 3 N–H and O–H groups in total. The maximum atomic E-state index is 12.0. The highest BCUT2D eigenvalue weighted by Crippen LogP contribution is 2.30. The summed E-state index contributed by atoms with van der Waals surface area (Å²) in [5.41, 5.74) is 5.92. The van der Waals surface area contributed by atoms with Gasteiger partial charge in [-0.1, -0.05) is 18.2 Å². The summed E-state index contributed by atoms with van der Waals surface area (Å²) in [4.78, 5) is 12.0. The number of anilines is 1. The molecule has 2 aromatic rings. The van der Waals surface area contributed by atoms with E-state index in [0.717, 1.165) is 11.1 Å². The Bertz CT molecular complexity index is 545. The molecular formula is C13H16N2OS. The van der Waals surface area contributed by atoms with Gasteiger partial charge in [0.15, 0.2) is 0 Å². The minimum absolute atomic E-state index is 0.0384. The van der Waals surface area contributed by atoms with Crippen molar-refractivity contribution in [1.29, 1.82) is 0 Å². The molecule has 0 spiro atoms. The third kappa shape index (κ3) is 2.33. The summed E-state index contributed by atoms with van der Waals surface area (Å²) in [6, 6.07) is 8.02. The number of benzene rings is 1. The fourth-order valence-corrected chi connectivity index (χ4v) is 2.35. The molecule has 3 nitrogen and oxygen atoms in total. The standard InChI is InChI=1S/C13H16N2OS/c1-13(2,8-14)12(16)15-10-7-17-11-6-4-3-5-9(10)11/h3-7H,8,14H2,1-2H3,(H,15,16). The molecule has 1 aromatic carbocycles. The Morgan fingerprint density at radius 3 is 2.82 bits per heavy atom. The predicted octanol–water partition coefficient (Wildman–Crippen LogP) is 2.82. The molecule has 0 atom stereocenters. The minimum Gasteiger partial charge on any atom is -0.329 e. The summed E-state index contributed by atoms with van der Waals surface area (Å²) in [6.45, 7) is 4.02. The number of nitrogens with one attached hydrogen (secondary N) is 1. The van der Waals surface area contributed by atoms with Gasteiger partial charge < -0.3 is 11.1 Å². The van der Waals surface area contributed by atoms with Crippen LogP contribution < -0.4 is 11.1 Å². The SMILES string of the molecule is CC(C)(CN)C(=O)Nc1csc2ccccc12. The number of carbonyl (C=O) groups excluding carboxylic acids is 1. The first-order valence-corrected chi connectivity index (χ1v) is 6.40. The lowest BCUT2D eigenvalue weighted by molar-refractivity contribution is -0.123. The van der Waals surface area contributed by atoms with Crippen LogP contribution in [0.15, 0.2) is 29.6 Å². The second kappa shape index (κ2) is 4.47. The Balaban J connectivity index is 2.28. The van der Waals surface area contributed by atoms with E-state index in [4.69, 9.17) is 5.73 Å². The van der Waals surface area contributed by atoms with E-state index in [1.165, 1.54) is 4.70 Å². The number of hydrogen-bond donors (Lipinski definition) is 2. The van der Waals surface area contributed by atoms with Gasteiger partial charge in [0, 0.05) is 22.0 Å². The maximum Gasteiger partial charge on any atom is 0.231 e. The van der Waals surface area contributed by atoms with Crippen molar-refractivity contribution in [2.24, 2.45) is 11.1 Å². The van der Waals surface area contributed by atoms with Gasteiger partial charge in [-0.15, -0.1) is 11.3 Å². The Kier molecular flexibility index (Phi) is 3.17. The number of amides is 1. The zero-order valence-corrected chi connectivity index (χ0v) is 10.8. The summed E-state index contributed by atoms with van der Waals surface area (Å²) in [5.74, 6) is -0.0384. The predicted molar refractivity (Wildman–Crippen MR) is 73.3 cm³/mol. The van der Waals surface area contributed by atoms with Crippen LogP contribution in [-0.4, -0.2) is 12.5 Å². The highest BCUT2D eigenvalue weighted by Gasteiger charge is 2.26. The number of nitrogens with two attached hydrogens (primary N) is 1. The van der Waals surface area contributed by atoms with Crippen LogP contribution in [0, 0.1) is 5.41 Å². The molecule has 0 fully saturated rings. The van der Waals surface area contributed by atoms with Crippen LogP contribution in [0.4, 0.5) is 5.69 Å². The van der Waals surface area contributed by atoms with Crippen LogP contribution in [0.2, 0.25) is 0 Å². The van der Waals surface area contributed by atoms with Crippen molar-refractivity contribution in [3.05, 3.63) is 29.6 Å². The molecule has 0 unspecified atom stereocenters. The van der Waals surface area contributed by atoms with E-state index in [2.05, 4.69) is 5.32 Å². The molecule has 0 aliphatic rings. The van der Waals surface area contributed by atoms with E-state index < -0.39 is 5.41 Å². The molecule has 0 bridgehead atoms. The highest BCUT2D eigenvalue weighted by molar-refractivity contribution is 7.17. The molecule has 2 rings (SSSR count). The van der Waals surface area contributed by atoms with Crippen molar-refractivity contribution in [1.82, 2.24) is 0 Å². The number of fused-ring (bicyclic) bond motifs is 1. The van der Waals surface area contributed by atoms with Crippen molar-refractivity contribution < 1.29 is 4.79 Å². The van der Waals surface area contributed by atoms with Gasteiger partial charge in [0.1, 0.15) is 0 Å². The first-order valence-electron chi connectivity index (χ1n) is 5.52. The van der Waals surface area contributed by atoms with E-state index in [1.54, 1.807) is 11.3 Å². The van der Waals surface area contributed by atoms with Gasteiger partial charge in [0.2, 0.25) is 5.91 Å². The monoisotopic (exact) mass is 248 g/mol. The smallest absolute Gasteiger partial charge is 0.231 e. The van der Waals surface area contributed by atoms with Crippen molar-refractivity contribution >= 4 is 33.0 Å². The molecule has 17 heavy (non-hydrogen) atoms. The average Bonchev–Trinajstić information content (AvgIpc) is 2.73. The minimum atomic E-state index is -0.539. The van der Waals surface area contributed by atoms with Gasteiger partial charge in [0.25, 0.3) is 0 Å². The topological polar surface area (TPSA) is 55.1 Å². The molecule has 0 aliphatic carbocycles. The van der Waals surface area contributed by atoms with Crippen LogP contribution >= 0.6 is 11.3 Å². The van der Waals surface area contributed by atoms with Crippen molar-refractivity contribution in [3.8, 4) is 0 Å². The first kappa shape index (κ1) is 12.1. The molecule has 0 saturated carbocycles. The van der Waals surface area contributed by atoms with Gasteiger partial charge >= 0.3 is 0 Å². The van der Waals surface area contributed by atoms with E-state index >= 15 is 0 Å². The fraction of sp³-hybridized carbons (Fsp3) is 0.308. The molecule has 0 radical (unpaired) electrons. The number of rotatable bonds is 3. The summed E-state index contributed by atoms with van der Waals surface area (Å²) >= 11 is 1.63. The van der Waals surface area contributed by atoms with Crippen molar-refractivity contribution in [2.45, 2.75) is 13.8 Å². The number of carbonyl (C=O) groups is 1. The summed E-state index contributed by atoms with van der Waals surface area (Å²) in [6.07, 6.45) is 0. The normalized spacial score (nSPS) is 11.7. The molecular weight excluding hydrogens is 232 g/mol. The zero-order valence-electron chi connectivity index (χ0n) is 9.99. The van der Waals surface area contributed by atoms with Gasteiger partial charge in [0.05, 0.1) is 11.1 Å². The van der Waals surface area contributed by atoms with E-state index in [1.807, 2.05) is 43.5 Å².